The lowest BCUT2D eigenvalue weighted by molar-refractivity contribution is 0.0942. The Balaban J connectivity index is 1.95. The molecule has 1 aliphatic rings. The van der Waals surface area contributed by atoms with Gasteiger partial charge in [0.15, 0.2) is 0 Å². The van der Waals surface area contributed by atoms with Crippen LogP contribution in [0.4, 0.5) is 8.78 Å². The number of nitriles is 1. The molecule has 8 heteroatoms. The Hall–Kier alpha value is -2.92. The lowest BCUT2D eigenvalue weighted by Gasteiger charge is -2.09. The van der Waals surface area contributed by atoms with E-state index in [0.717, 1.165) is 28.6 Å². The summed E-state index contributed by atoms with van der Waals surface area (Å²) in [5.74, 6) is -2.07. The highest BCUT2D eigenvalue weighted by atomic mass is 32.2. The average Bonchev–Trinajstić information content (AvgIpc) is 3.14. The molecule has 0 saturated carbocycles. The second kappa shape index (κ2) is 6.53. The van der Waals surface area contributed by atoms with Gasteiger partial charge >= 0.3 is 0 Å². The van der Waals surface area contributed by atoms with E-state index >= 15 is 0 Å². The number of allylic oxidation sites excluding steroid dienone is 1. The normalized spacial score (nSPS) is 15.4. The number of nitrogens with zero attached hydrogens (tertiary/aromatic N) is 3. The molecular formula is C17H12F2N4OS. The van der Waals surface area contributed by atoms with E-state index in [2.05, 4.69) is 10.4 Å². The van der Waals surface area contributed by atoms with Crippen molar-refractivity contribution >= 4 is 23.4 Å². The van der Waals surface area contributed by atoms with Gasteiger partial charge in [-0.3, -0.25) is 4.79 Å². The number of aromatic nitrogens is 2. The molecule has 2 aromatic rings. The third kappa shape index (κ3) is 3.06. The first-order chi connectivity index (χ1) is 11.9. The van der Waals surface area contributed by atoms with Gasteiger partial charge in [-0.1, -0.05) is 17.8 Å². The van der Waals surface area contributed by atoms with Gasteiger partial charge in [0.05, 0.1) is 17.0 Å². The predicted molar refractivity (Wildman–Crippen MR) is 90.0 cm³/mol. The molecule has 1 N–H and O–H groups in total. The van der Waals surface area contributed by atoms with E-state index < -0.39 is 17.5 Å². The first kappa shape index (κ1) is 16.9. The van der Waals surface area contributed by atoms with Gasteiger partial charge in [0.2, 0.25) is 0 Å². The molecule has 0 spiro atoms. The zero-order valence-electron chi connectivity index (χ0n) is 13.3. The van der Waals surface area contributed by atoms with Gasteiger partial charge in [0.25, 0.3) is 5.91 Å². The van der Waals surface area contributed by atoms with E-state index in [1.807, 2.05) is 6.07 Å². The quantitative estimate of drug-likeness (QED) is 0.657. The number of aryl methyl sites for hydroxylation is 2. The predicted octanol–water partition coefficient (Wildman–Crippen LogP) is 3.49. The highest BCUT2D eigenvalue weighted by Gasteiger charge is 2.25. The summed E-state index contributed by atoms with van der Waals surface area (Å²) in [4.78, 5) is 12.6. The second-order valence-corrected chi connectivity index (χ2v) is 6.21. The fourth-order valence-corrected chi connectivity index (χ4v) is 3.27. The minimum atomic E-state index is -0.732. The summed E-state index contributed by atoms with van der Waals surface area (Å²) in [5.41, 5.74) is 0.976. The van der Waals surface area contributed by atoms with E-state index in [0.29, 0.717) is 11.4 Å². The third-order valence-corrected chi connectivity index (χ3v) is 4.43. The molecule has 1 aromatic carbocycles. The SMILES string of the molecule is Cc1cc(C)n(C(=O)/C(C#N)=C2\NC(c3c(F)cccc3F)=CS2)n1. The van der Waals surface area contributed by atoms with Crippen molar-refractivity contribution in [3.05, 3.63) is 68.9 Å². The van der Waals surface area contributed by atoms with Crippen LogP contribution in [0.5, 0.6) is 0 Å². The van der Waals surface area contributed by atoms with Crippen molar-refractivity contribution in [2.45, 2.75) is 13.8 Å². The highest BCUT2D eigenvalue weighted by molar-refractivity contribution is 8.06. The van der Waals surface area contributed by atoms with Crippen molar-refractivity contribution in [1.82, 2.24) is 15.1 Å². The summed E-state index contributed by atoms with van der Waals surface area (Å²) < 4.78 is 28.9. The van der Waals surface area contributed by atoms with Crippen LogP contribution in [0.15, 0.2) is 40.3 Å². The van der Waals surface area contributed by atoms with Crippen molar-refractivity contribution in [1.29, 1.82) is 5.26 Å². The summed E-state index contributed by atoms with van der Waals surface area (Å²) >= 11 is 1.02. The first-order valence-electron chi connectivity index (χ1n) is 7.23. The highest BCUT2D eigenvalue weighted by Crippen LogP contribution is 2.34. The molecule has 1 aliphatic heterocycles. The van der Waals surface area contributed by atoms with E-state index in [1.165, 1.54) is 11.5 Å². The fourth-order valence-electron chi connectivity index (χ4n) is 2.43. The molecule has 1 aromatic heterocycles. The number of hydrogen-bond donors (Lipinski definition) is 1. The van der Waals surface area contributed by atoms with Crippen LogP contribution in [0.3, 0.4) is 0 Å². The van der Waals surface area contributed by atoms with Gasteiger partial charge in [-0.2, -0.15) is 10.4 Å². The van der Waals surface area contributed by atoms with Crippen LogP contribution in [0.1, 0.15) is 21.7 Å². The third-order valence-electron chi connectivity index (χ3n) is 3.53. The fraction of sp³-hybridized carbons (Fsp3) is 0.118. The van der Waals surface area contributed by atoms with Crippen molar-refractivity contribution in [3.63, 3.8) is 0 Å². The number of hydrogen-bond acceptors (Lipinski definition) is 5. The lowest BCUT2D eigenvalue weighted by Crippen LogP contribution is -2.20. The zero-order chi connectivity index (χ0) is 18.1. The summed E-state index contributed by atoms with van der Waals surface area (Å²) in [6.45, 7) is 3.43. The number of rotatable bonds is 2. The Kier molecular flexibility index (Phi) is 4.42. The van der Waals surface area contributed by atoms with Gasteiger partial charge in [-0.15, -0.1) is 0 Å². The average molecular weight is 358 g/mol. The zero-order valence-corrected chi connectivity index (χ0v) is 14.1. The molecule has 0 radical (unpaired) electrons. The number of nitrogens with one attached hydrogen (secondary N) is 1. The topological polar surface area (TPSA) is 70.7 Å². The maximum atomic E-state index is 13.9. The Labute approximate surface area is 146 Å². The van der Waals surface area contributed by atoms with Crippen LogP contribution in [0, 0.1) is 36.8 Å². The number of thioether (sulfide) groups is 1. The Morgan fingerprint density at radius 1 is 1.32 bits per heavy atom. The Morgan fingerprint density at radius 3 is 2.56 bits per heavy atom. The summed E-state index contributed by atoms with van der Waals surface area (Å²) in [6.07, 6.45) is 0. The van der Waals surface area contributed by atoms with Crippen LogP contribution in [-0.4, -0.2) is 15.7 Å². The molecular weight excluding hydrogens is 346 g/mol. The Morgan fingerprint density at radius 2 is 2.00 bits per heavy atom. The largest absolute Gasteiger partial charge is 0.348 e. The van der Waals surface area contributed by atoms with E-state index in [4.69, 9.17) is 0 Å². The Bertz CT molecular complexity index is 965. The summed E-state index contributed by atoms with van der Waals surface area (Å²) in [7, 11) is 0. The standard InChI is InChI=1S/C17H12F2N4OS/c1-9-6-10(2)23(22-9)17(24)11(7-20)16-21-14(8-25-16)15-12(18)4-3-5-13(15)19/h3-6,8,21H,1-2H3/b16-11+. The van der Waals surface area contributed by atoms with Crippen LogP contribution in [0.25, 0.3) is 5.70 Å². The maximum Gasteiger partial charge on any atom is 0.291 e. The van der Waals surface area contributed by atoms with E-state index in [9.17, 15) is 18.8 Å². The van der Waals surface area contributed by atoms with Crippen LogP contribution < -0.4 is 5.32 Å². The number of halogens is 2. The molecule has 126 valence electrons. The van der Waals surface area contributed by atoms with Gasteiger partial charge in [-0.25, -0.2) is 13.5 Å². The minimum Gasteiger partial charge on any atom is -0.348 e. The van der Waals surface area contributed by atoms with Crippen LogP contribution in [-0.2, 0) is 0 Å². The molecule has 3 rings (SSSR count). The van der Waals surface area contributed by atoms with Crippen LogP contribution >= 0.6 is 11.8 Å². The monoisotopic (exact) mass is 358 g/mol. The molecule has 0 bridgehead atoms. The molecule has 0 saturated heterocycles. The second-order valence-electron chi connectivity index (χ2n) is 5.33. The smallest absolute Gasteiger partial charge is 0.291 e. The van der Waals surface area contributed by atoms with Crippen molar-refractivity contribution < 1.29 is 13.6 Å². The molecule has 2 heterocycles. The summed E-state index contributed by atoms with van der Waals surface area (Å²) in [6, 6.07) is 7.10. The molecule has 0 amide bonds. The van der Waals surface area contributed by atoms with Crippen LogP contribution in [0.2, 0.25) is 0 Å². The lowest BCUT2D eigenvalue weighted by atomic mass is 10.1. The van der Waals surface area contributed by atoms with Crippen molar-refractivity contribution in [3.8, 4) is 6.07 Å². The number of benzene rings is 1. The minimum absolute atomic E-state index is 0.157. The molecule has 0 atom stereocenters. The molecule has 0 aliphatic carbocycles. The number of carbonyl (C=O) groups excluding carboxylic acids is 1. The molecule has 25 heavy (non-hydrogen) atoms. The van der Waals surface area contributed by atoms with Gasteiger partial charge in [-0.05, 0) is 32.0 Å². The van der Waals surface area contributed by atoms with Gasteiger partial charge < -0.3 is 5.32 Å². The van der Waals surface area contributed by atoms with E-state index in [-0.39, 0.29) is 21.9 Å². The summed E-state index contributed by atoms with van der Waals surface area (Å²) in [5, 5.41) is 17.9. The van der Waals surface area contributed by atoms with Crippen molar-refractivity contribution in [2.75, 3.05) is 0 Å². The molecule has 0 fully saturated rings. The first-order valence-corrected chi connectivity index (χ1v) is 8.11. The number of carbonyl (C=O) groups is 1. The van der Waals surface area contributed by atoms with Gasteiger partial charge in [0, 0.05) is 11.1 Å². The van der Waals surface area contributed by atoms with Gasteiger partial charge in [0.1, 0.15) is 28.3 Å². The van der Waals surface area contributed by atoms with Crippen molar-refractivity contribution in [2.24, 2.45) is 0 Å². The molecule has 0 unspecified atom stereocenters. The van der Waals surface area contributed by atoms with E-state index in [1.54, 1.807) is 19.9 Å². The molecule has 5 nitrogen and oxygen atoms in total. The maximum absolute atomic E-state index is 13.9.